The number of rotatable bonds is 5. The summed E-state index contributed by atoms with van der Waals surface area (Å²) in [6, 6.07) is 3.83. The molecule has 0 aliphatic carbocycles. The normalized spacial score (nSPS) is 23.2. The number of hydrogen-bond acceptors (Lipinski definition) is 5. The molecule has 1 aliphatic heterocycles. The maximum atomic E-state index is 13.5. The van der Waals surface area contributed by atoms with E-state index in [0.717, 1.165) is 25.5 Å². The summed E-state index contributed by atoms with van der Waals surface area (Å²) in [5.41, 5.74) is 6.17. The second-order valence-corrected chi connectivity index (χ2v) is 5.32. The molecule has 0 saturated carbocycles. The van der Waals surface area contributed by atoms with E-state index in [2.05, 4.69) is 4.90 Å². The van der Waals surface area contributed by atoms with E-state index in [4.69, 9.17) is 10.5 Å². The van der Waals surface area contributed by atoms with E-state index in [1.165, 1.54) is 12.1 Å². The SMILES string of the molecule is COC1CCN(Cc2cc(F)cc([N+](=O)[O-])c2)C(CN)C1. The Morgan fingerprint density at radius 3 is 2.90 bits per heavy atom. The van der Waals surface area contributed by atoms with E-state index in [1.807, 2.05) is 0 Å². The zero-order valence-electron chi connectivity index (χ0n) is 12.0. The van der Waals surface area contributed by atoms with Crippen LogP contribution in [0.5, 0.6) is 0 Å². The molecule has 0 radical (unpaired) electrons. The van der Waals surface area contributed by atoms with Crippen molar-refractivity contribution in [1.82, 2.24) is 4.90 Å². The minimum atomic E-state index is -0.588. The second-order valence-electron chi connectivity index (χ2n) is 5.32. The molecule has 0 aromatic heterocycles. The number of nitro benzene ring substituents is 1. The lowest BCUT2D eigenvalue weighted by Gasteiger charge is -2.38. The smallest absolute Gasteiger partial charge is 0.272 e. The maximum absolute atomic E-state index is 13.5. The molecule has 0 amide bonds. The number of piperidine rings is 1. The van der Waals surface area contributed by atoms with E-state index in [-0.39, 0.29) is 17.8 Å². The Morgan fingerprint density at radius 2 is 2.29 bits per heavy atom. The highest BCUT2D eigenvalue weighted by atomic mass is 19.1. The van der Waals surface area contributed by atoms with E-state index < -0.39 is 10.7 Å². The molecular weight excluding hydrogens is 277 g/mol. The van der Waals surface area contributed by atoms with Crippen LogP contribution < -0.4 is 5.73 Å². The van der Waals surface area contributed by atoms with Gasteiger partial charge in [0.2, 0.25) is 0 Å². The fourth-order valence-corrected chi connectivity index (χ4v) is 2.79. The highest BCUT2D eigenvalue weighted by molar-refractivity contribution is 5.35. The molecule has 1 aromatic rings. The van der Waals surface area contributed by atoms with Crippen molar-refractivity contribution < 1.29 is 14.1 Å². The molecule has 0 spiro atoms. The van der Waals surface area contributed by atoms with Gasteiger partial charge in [-0.3, -0.25) is 15.0 Å². The second kappa shape index (κ2) is 6.93. The van der Waals surface area contributed by atoms with E-state index in [9.17, 15) is 14.5 Å². The van der Waals surface area contributed by atoms with Gasteiger partial charge < -0.3 is 10.5 Å². The lowest BCUT2D eigenvalue weighted by molar-refractivity contribution is -0.385. The maximum Gasteiger partial charge on any atom is 0.272 e. The van der Waals surface area contributed by atoms with E-state index in [0.29, 0.717) is 18.7 Å². The van der Waals surface area contributed by atoms with Crippen LogP contribution in [-0.4, -0.2) is 42.2 Å². The molecule has 1 aliphatic rings. The Bertz CT molecular complexity index is 512. The summed E-state index contributed by atoms with van der Waals surface area (Å²) in [7, 11) is 1.68. The minimum absolute atomic E-state index is 0.144. The van der Waals surface area contributed by atoms with Gasteiger partial charge >= 0.3 is 0 Å². The standard InChI is InChI=1S/C14H20FN3O3/c1-21-14-2-3-17(13(7-14)8-16)9-10-4-11(15)6-12(5-10)18(19)20/h4-6,13-14H,2-3,7-9,16H2,1H3. The van der Waals surface area contributed by atoms with Crippen LogP contribution in [0.3, 0.4) is 0 Å². The lowest BCUT2D eigenvalue weighted by Crippen LogP contribution is -2.47. The lowest BCUT2D eigenvalue weighted by atomic mass is 9.98. The number of non-ortho nitro benzene ring substituents is 1. The first-order valence-electron chi connectivity index (χ1n) is 6.94. The van der Waals surface area contributed by atoms with Gasteiger partial charge in [-0.1, -0.05) is 0 Å². The molecule has 1 fully saturated rings. The minimum Gasteiger partial charge on any atom is -0.381 e. The van der Waals surface area contributed by atoms with Crippen LogP contribution >= 0.6 is 0 Å². The first-order chi connectivity index (χ1) is 10.0. The third-order valence-electron chi connectivity index (χ3n) is 3.93. The molecule has 1 aromatic carbocycles. The van der Waals surface area contributed by atoms with Crippen molar-refractivity contribution in [3.8, 4) is 0 Å². The molecule has 6 nitrogen and oxygen atoms in total. The van der Waals surface area contributed by atoms with Gasteiger partial charge in [-0.15, -0.1) is 0 Å². The van der Waals surface area contributed by atoms with Crippen molar-refractivity contribution in [3.05, 3.63) is 39.7 Å². The van der Waals surface area contributed by atoms with Crippen molar-refractivity contribution in [2.45, 2.75) is 31.5 Å². The zero-order chi connectivity index (χ0) is 15.4. The summed E-state index contributed by atoms with van der Waals surface area (Å²) in [6.07, 6.45) is 1.89. The molecule has 2 atom stereocenters. The summed E-state index contributed by atoms with van der Waals surface area (Å²) in [5, 5.41) is 10.8. The topological polar surface area (TPSA) is 81.6 Å². The van der Waals surface area contributed by atoms with Gasteiger partial charge in [0.1, 0.15) is 5.82 Å². The van der Waals surface area contributed by atoms with Crippen LogP contribution in [0.1, 0.15) is 18.4 Å². The van der Waals surface area contributed by atoms with Crippen molar-refractivity contribution >= 4 is 5.69 Å². The number of nitrogens with two attached hydrogens (primary N) is 1. The van der Waals surface area contributed by atoms with Crippen molar-refractivity contribution in [2.75, 3.05) is 20.2 Å². The third kappa shape index (κ3) is 3.96. The third-order valence-corrected chi connectivity index (χ3v) is 3.93. The zero-order valence-corrected chi connectivity index (χ0v) is 12.0. The van der Waals surface area contributed by atoms with Gasteiger partial charge in [0.05, 0.1) is 17.1 Å². The van der Waals surface area contributed by atoms with Crippen LogP contribution in [0.4, 0.5) is 10.1 Å². The van der Waals surface area contributed by atoms with Gasteiger partial charge in [0.25, 0.3) is 5.69 Å². The molecule has 2 N–H and O–H groups in total. The fraction of sp³-hybridized carbons (Fsp3) is 0.571. The van der Waals surface area contributed by atoms with Gasteiger partial charge in [0.15, 0.2) is 0 Å². The molecule has 1 saturated heterocycles. The monoisotopic (exact) mass is 297 g/mol. The van der Waals surface area contributed by atoms with Gasteiger partial charge in [-0.05, 0) is 24.5 Å². The molecule has 1 heterocycles. The Kier molecular flexibility index (Phi) is 5.22. The highest BCUT2D eigenvalue weighted by Crippen LogP contribution is 2.23. The number of halogens is 1. The van der Waals surface area contributed by atoms with Crippen molar-refractivity contribution in [3.63, 3.8) is 0 Å². The first kappa shape index (κ1) is 15.8. The van der Waals surface area contributed by atoms with Crippen molar-refractivity contribution in [1.29, 1.82) is 0 Å². The average Bonchev–Trinajstić information content (AvgIpc) is 2.47. The summed E-state index contributed by atoms with van der Waals surface area (Å²) < 4.78 is 18.8. The summed E-state index contributed by atoms with van der Waals surface area (Å²) >= 11 is 0. The molecule has 21 heavy (non-hydrogen) atoms. The Hall–Kier alpha value is -1.57. The molecule has 0 bridgehead atoms. The van der Waals surface area contributed by atoms with Crippen LogP contribution in [-0.2, 0) is 11.3 Å². The number of nitro groups is 1. The van der Waals surface area contributed by atoms with Gasteiger partial charge in [0, 0.05) is 38.9 Å². The summed E-state index contributed by atoms with van der Waals surface area (Å²) in [5.74, 6) is -0.588. The quantitative estimate of drug-likeness (QED) is 0.660. The first-order valence-corrected chi connectivity index (χ1v) is 6.94. The number of ether oxygens (including phenoxy) is 1. The van der Waals surface area contributed by atoms with Gasteiger partial charge in [-0.2, -0.15) is 0 Å². The van der Waals surface area contributed by atoms with Crippen LogP contribution in [0.15, 0.2) is 18.2 Å². The predicted molar refractivity (Wildman–Crippen MR) is 76.3 cm³/mol. The number of benzene rings is 1. The van der Waals surface area contributed by atoms with Crippen LogP contribution in [0.2, 0.25) is 0 Å². The van der Waals surface area contributed by atoms with Crippen LogP contribution in [0.25, 0.3) is 0 Å². The van der Waals surface area contributed by atoms with E-state index >= 15 is 0 Å². The van der Waals surface area contributed by atoms with E-state index in [1.54, 1.807) is 7.11 Å². The molecular formula is C14H20FN3O3. The molecule has 2 rings (SSSR count). The highest BCUT2D eigenvalue weighted by Gasteiger charge is 2.27. The van der Waals surface area contributed by atoms with Gasteiger partial charge in [-0.25, -0.2) is 4.39 Å². The Labute approximate surface area is 122 Å². The predicted octanol–water partition coefficient (Wildman–Crippen LogP) is 1.67. The summed E-state index contributed by atoms with van der Waals surface area (Å²) in [4.78, 5) is 12.3. The fourth-order valence-electron chi connectivity index (χ4n) is 2.79. The number of methoxy groups -OCH3 is 1. The summed E-state index contributed by atoms with van der Waals surface area (Å²) in [6.45, 7) is 1.72. The van der Waals surface area contributed by atoms with Crippen LogP contribution in [0, 0.1) is 15.9 Å². The Balaban J connectivity index is 2.12. The molecule has 2 unspecified atom stereocenters. The number of likely N-dealkylation sites (tertiary alicyclic amines) is 1. The number of nitrogens with zero attached hydrogens (tertiary/aromatic N) is 2. The van der Waals surface area contributed by atoms with Crippen molar-refractivity contribution in [2.24, 2.45) is 5.73 Å². The largest absolute Gasteiger partial charge is 0.381 e. The number of hydrogen-bond donors (Lipinski definition) is 1. The molecule has 116 valence electrons. The Morgan fingerprint density at radius 1 is 1.52 bits per heavy atom. The average molecular weight is 297 g/mol. The molecule has 7 heteroatoms.